The van der Waals surface area contributed by atoms with E-state index in [2.05, 4.69) is 0 Å². The molecule has 0 amide bonds. The van der Waals surface area contributed by atoms with Crippen LogP contribution in [0, 0.1) is 6.92 Å². The molecule has 6 heteroatoms. The lowest BCUT2D eigenvalue weighted by Crippen LogP contribution is -2.23. The van der Waals surface area contributed by atoms with E-state index in [9.17, 15) is 24.6 Å². The molecule has 0 atom stereocenters. The molecular weight excluding hydrogens is 288 g/mol. The fraction of sp³-hybridized carbons (Fsp3) is 0.0625. The summed E-state index contributed by atoms with van der Waals surface area (Å²) in [5.41, 5.74) is -1.11. The Balaban J connectivity index is 2.46. The van der Waals surface area contributed by atoms with Gasteiger partial charge in [-0.3, -0.25) is 9.59 Å². The van der Waals surface area contributed by atoms with Crippen molar-refractivity contribution in [3.63, 3.8) is 0 Å². The van der Waals surface area contributed by atoms with Gasteiger partial charge < -0.3 is 15.3 Å². The number of rotatable bonds is 1. The monoisotopic (exact) mass is 298 g/mol. The van der Waals surface area contributed by atoms with Crippen LogP contribution in [0.15, 0.2) is 24.3 Å². The Morgan fingerprint density at radius 3 is 1.91 bits per heavy atom. The number of phenols is 2. The predicted molar refractivity (Wildman–Crippen MR) is 74.8 cm³/mol. The highest BCUT2D eigenvalue weighted by Crippen LogP contribution is 2.42. The van der Waals surface area contributed by atoms with E-state index < -0.39 is 34.6 Å². The number of aromatic carboxylic acids is 1. The number of hydrogen-bond acceptors (Lipinski definition) is 5. The summed E-state index contributed by atoms with van der Waals surface area (Å²) in [4.78, 5) is 36.3. The van der Waals surface area contributed by atoms with Gasteiger partial charge in [-0.1, -0.05) is 24.3 Å². The van der Waals surface area contributed by atoms with Crippen LogP contribution in [0.1, 0.15) is 47.8 Å². The van der Waals surface area contributed by atoms with Gasteiger partial charge in [0.15, 0.2) is 11.6 Å². The lowest BCUT2D eigenvalue weighted by Gasteiger charge is -2.22. The number of carbonyl (C=O) groups is 3. The highest BCUT2D eigenvalue weighted by Gasteiger charge is 2.37. The van der Waals surface area contributed by atoms with Gasteiger partial charge in [0, 0.05) is 22.3 Å². The molecule has 0 unspecified atom stereocenters. The average molecular weight is 298 g/mol. The lowest BCUT2D eigenvalue weighted by atomic mass is 9.80. The lowest BCUT2D eigenvalue weighted by molar-refractivity contribution is 0.0689. The van der Waals surface area contributed by atoms with Gasteiger partial charge in [-0.2, -0.15) is 0 Å². The van der Waals surface area contributed by atoms with Crippen LogP contribution in [0.2, 0.25) is 0 Å². The highest BCUT2D eigenvalue weighted by molar-refractivity contribution is 6.30. The maximum Gasteiger partial charge on any atom is 0.343 e. The van der Waals surface area contributed by atoms with E-state index in [0.29, 0.717) is 0 Å². The number of carbonyl (C=O) groups excluding carboxylic acids is 2. The number of benzene rings is 2. The second-order valence-electron chi connectivity index (χ2n) is 4.96. The second kappa shape index (κ2) is 4.42. The molecule has 1 aliphatic carbocycles. The van der Waals surface area contributed by atoms with Crippen molar-refractivity contribution in [2.75, 3.05) is 0 Å². The van der Waals surface area contributed by atoms with E-state index >= 15 is 0 Å². The predicted octanol–water partition coefficient (Wildman–Crippen LogP) is 1.88. The minimum Gasteiger partial charge on any atom is -0.507 e. The maximum absolute atomic E-state index is 12.5. The summed E-state index contributed by atoms with van der Waals surface area (Å²) in [6.45, 7) is 1.33. The third kappa shape index (κ3) is 1.57. The zero-order valence-electron chi connectivity index (χ0n) is 11.4. The zero-order valence-corrected chi connectivity index (χ0v) is 11.4. The second-order valence-corrected chi connectivity index (χ2v) is 4.96. The average Bonchev–Trinajstić information content (AvgIpc) is 2.48. The van der Waals surface area contributed by atoms with E-state index in [1.165, 1.54) is 19.1 Å². The fourth-order valence-electron chi connectivity index (χ4n) is 2.70. The number of carboxylic acids is 1. The van der Waals surface area contributed by atoms with E-state index in [0.717, 1.165) is 0 Å². The summed E-state index contributed by atoms with van der Waals surface area (Å²) in [7, 11) is 0. The summed E-state index contributed by atoms with van der Waals surface area (Å²) in [6.07, 6.45) is 0. The van der Waals surface area contributed by atoms with E-state index in [1.807, 2.05) is 0 Å². The smallest absolute Gasteiger partial charge is 0.343 e. The molecule has 22 heavy (non-hydrogen) atoms. The largest absolute Gasteiger partial charge is 0.507 e. The highest BCUT2D eigenvalue weighted by atomic mass is 16.4. The molecule has 0 radical (unpaired) electrons. The van der Waals surface area contributed by atoms with Gasteiger partial charge in [-0.05, 0) is 6.92 Å². The van der Waals surface area contributed by atoms with Gasteiger partial charge in [0.05, 0.1) is 5.56 Å². The normalized spacial score (nSPS) is 12.8. The standard InChI is InChI=1S/C16H10O6/c1-6-9-10(15(20)11(12(6)17)16(21)22)14(19)8-5-3-2-4-7(8)13(9)18/h2-5,17,20H,1H3,(H,21,22). The third-order valence-corrected chi connectivity index (χ3v) is 3.77. The Labute approximate surface area is 124 Å². The van der Waals surface area contributed by atoms with Crippen molar-refractivity contribution in [3.05, 3.63) is 57.6 Å². The maximum atomic E-state index is 12.5. The Kier molecular flexibility index (Phi) is 2.78. The number of hydrogen-bond donors (Lipinski definition) is 3. The van der Waals surface area contributed by atoms with Gasteiger partial charge in [0.1, 0.15) is 17.1 Å². The summed E-state index contributed by atoms with van der Waals surface area (Å²) in [6, 6.07) is 6.06. The summed E-state index contributed by atoms with van der Waals surface area (Å²) < 4.78 is 0. The van der Waals surface area contributed by atoms with E-state index in [4.69, 9.17) is 5.11 Å². The van der Waals surface area contributed by atoms with Gasteiger partial charge in [0.2, 0.25) is 0 Å². The van der Waals surface area contributed by atoms with Crippen molar-refractivity contribution in [3.8, 4) is 11.5 Å². The molecule has 6 nitrogen and oxygen atoms in total. The number of carboxylic acid groups (broad SMARTS) is 1. The molecule has 0 bridgehead atoms. The first-order chi connectivity index (χ1) is 10.4. The molecular formula is C16H10O6. The zero-order chi connectivity index (χ0) is 16.2. The van der Waals surface area contributed by atoms with Crippen molar-refractivity contribution >= 4 is 17.5 Å². The van der Waals surface area contributed by atoms with Crippen LogP contribution < -0.4 is 0 Å². The molecule has 3 N–H and O–H groups in total. The minimum absolute atomic E-state index is 0.0435. The number of fused-ring (bicyclic) bond motifs is 2. The molecule has 2 aromatic rings. The molecule has 2 aromatic carbocycles. The molecule has 0 aliphatic heterocycles. The van der Waals surface area contributed by atoms with Crippen LogP contribution >= 0.6 is 0 Å². The van der Waals surface area contributed by atoms with Crippen molar-refractivity contribution in [1.29, 1.82) is 0 Å². The quantitative estimate of drug-likeness (QED) is 0.632. The third-order valence-electron chi connectivity index (χ3n) is 3.77. The summed E-state index contributed by atoms with van der Waals surface area (Å²) in [5.74, 6) is -4.37. The number of ketones is 2. The topological polar surface area (TPSA) is 112 Å². The molecule has 0 aromatic heterocycles. The van der Waals surface area contributed by atoms with Crippen LogP contribution in [-0.4, -0.2) is 32.9 Å². The first kappa shape index (κ1) is 13.8. The Hall–Kier alpha value is -3.15. The van der Waals surface area contributed by atoms with Crippen LogP contribution in [0.5, 0.6) is 11.5 Å². The molecule has 0 saturated heterocycles. The first-order valence-electron chi connectivity index (χ1n) is 6.36. The Bertz CT molecular complexity index is 879. The molecule has 1 aliphatic rings. The van der Waals surface area contributed by atoms with Crippen LogP contribution in [-0.2, 0) is 0 Å². The van der Waals surface area contributed by atoms with Crippen molar-refractivity contribution in [2.45, 2.75) is 6.92 Å². The van der Waals surface area contributed by atoms with Crippen molar-refractivity contribution in [2.24, 2.45) is 0 Å². The molecule has 3 rings (SSSR count). The molecule has 0 heterocycles. The first-order valence-corrected chi connectivity index (χ1v) is 6.36. The van der Waals surface area contributed by atoms with E-state index in [-0.39, 0.29) is 27.8 Å². The molecule has 110 valence electrons. The Morgan fingerprint density at radius 1 is 0.909 bits per heavy atom. The van der Waals surface area contributed by atoms with Crippen molar-refractivity contribution in [1.82, 2.24) is 0 Å². The fourth-order valence-corrected chi connectivity index (χ4v) is 2.70. The summed E-state index contributed by atoms with van der Waals surface area (Å²) in [5, 5.41) is 29.2. The molecule has 0 fully saturated rings. The molecule has 0 spiro atoms. The van der Waals surface area contributed by atoms with E-state index in [1.54, 1.807) is 12.1 Å². The van der Waals surface area contributed by atoms with Crippen LogP contribution in [0.3, 0.4) is 0 Å². The SMILES string of the molecule is Cc1c(O)c(C(=O)O)c(O)c2c1C(=O)c1ccccc1C2=O. The van der Waals surface area contributed by atoms with Crippen molar-refractivity contribution < 1.29 is 29.7 Å². The molecule has 0 saturated carbocycles. The summed E-state index contributed by atoms with van der Waals surface area (Å²) >= 11 is 0. The van der Waals surface area contributed by atoms with Gasteiger partial charge in [0.25, 0.3) is 0 Å². The van der Waals surface area contributed by atoms with Crippen LogP contribution in [0.25, 0.3) is 0 Å². The minimum atomic E-state index is -1.58. The van der Waals surface area contributed by atoms with Crippen LogP contribution in [0.4, 0.5) is 0 Å². The van der Waals surface area contributed by atoms with Gasteiger partial charge >= 0.3 is 5.97 Å². The Morgan fingerprint density at radius 2 is 1.41 bits per heavy atom. The van der Waals surface area contributed by atoms with Gasteiger partial charge in [-0.25, -0.2) is 4.79 Å². The van der Waals surface area contributed by atoms with Gasteiger partial charge in [-0.15, -0.1) is 0 Å². The number of aromatic hydroxyl groups is 2.